The highest BCUT2D eigenvalue weighted by molar-refractivity contribution is 5.85. The van der Waals surface area contributed by atoms with Crippen LogP contribution >= 0.6 is 0 Å². The van der Waals surface area contributed by atoms with Gasteiger partial charge in [0.25, 0.3) is 0 Å². The number of amidine groups is 1. The first kappa shape index (κ1) is 13.6. The zero-order valence-electron chi connectivity index (χ0n) is 8.85. The number of rotatable bonds is 8. The fraction of sp³-hybridized carbons (Fsp3) is 0.600. The lowest BCUT2D eigenvalue weighted by Crippen LogP contribution is -2.23. The molecule has 0 aliphatic rings. The molecule has 0 fully saturated rings. The SMILES string of the molecule is C=CCC(N)=N[C@@H](CCCCN)C(=O)O. The van der Waals surface area contributed by atoms with E-state index in [1.54, 1.807) is 6.08 Å². The Balaban J connectivity index is 4.20. The number of nitrogens with zero attached hydrogens (tertiary/aromatic N) is 1. The van der Waals surface area contributed by atoms with E-state index in [0.717, 1.165) is 12.8 Å². The monoisotopic (exact) mass is 213 g/mol. The van der Waals surface area contributed by atoms with Crippen LogP contribution in [0.25, 0.3) is 0 Å². The Hall–Kier alpha value is -1.36. The standard InChI is InChI=1S/C10H19N3O2/c1-2-5-9(12)13-8(10(14)15)6-3-4-7-11/h2,8H,1,3-7,11H2,(H2,12,13)(H,14,15)/t8-/m0/s1. The Labute approximate surface area is 89.9 Å². The van der Waals surface area contributed by atoms with Gasteiger partial charge in [-0.2, -0.15) is 0 Å². The normalized spacial score (nSPS) is 13.5. The molecule has 0 bridgehead atoms. The average Bonchev–Trinajstić information content (AvgIpc) is 2.16. The van der Waals surface area contributed by atoms with Gasteiger partial charge in [0.15, 0.2) is 0 Å². The molecule has 0 saturated carbocycles. The van der Waals surface area contributed by atoms with Crippen molar-refractivity contribution < 1.29 is 9.90 Å². The van der Waals surface area contributed by atoms with E-state index in [2.05, 4.69) is 11.6 Å². The van der Waals surface area contributed by atoms with Gasteiger partial charge in [-0.05, 0) is 25.8 Å². The molecule has 0 aromatic rings. The molecule has 0 aromatic carbocycles. The highest BCUT2D eigenvalue weighted by atomic mass is 16.4. The molecule has 0 amide bonds. The number of carboxylic acid groups (broad SMARTS) is 1. The van der Waals surface area contributed by atoms with Gasteiger partial charge < -0.3 is 16.6 Å². The van der Waals surface area contributed by atoms with Crippen LogP contribution in [0, 0.1) is 0 Å². The summed E-state index contributed by atoms with van der Waals surface area (Å²) in [4.78, 5) is 14.7. The molecule has 0 saturated heterocycles. The van der Waals surface area contributed by atoms with Crippen molar-refractivity contribution in [2.75, 3.05) is 6.54 Å². The van der Waals surface area contributed by atoms with E-state index in [1.807, 2.05) is 0 Å². The molecular weight excluding hydrogens is 194 g/mol. The summed E-state index contributed by atoms with van der Waals surface area (Å²) < 4.78 is 0. The molecule has 0 radical (unpaired) electrons. The number of aliphatic imine (C=N–C) groups is 1. The Bertz CT molecular complexity index is 239. The summed E-state index contributed by atoms with van der Waals surface area (Å²) in [6.45, 7) is 4.07. The second kappa shape index (κ2) is 7.99. The quantitative estimate of drug-likeness (QED) is 0.236. The minimum absolute atomic E-state index is 0.310. The fourth-order valence-electron chi connectivity index (χ4n) is 1.13. The van der Waals surface area contributed by atoms with Gasteiger partial charge in [0.2, 0.25) is 0 Å². The van der Waals surface area contributed by atoms with Crippen LogP contribution in [0.2, 0.25) is 0 Å². The maximum atomic E-state index is 10.8. The van der Waals surface area contributed by atoms with Crippen molar-refractivity contribution >= 4 is 11.8 Å². The van der Waals surface area contributed by atoms with Crippen LogP contribution in [0.4, 0.5) is 0 Å². The van der Waals surface area contributed by atoms with Crippen molar-refractivity contribution in [3.05, 3.63) is 12.7 Å². The number of hydrogen-bond donors (Lipinski definition) is 3. The number of carbonyl (C=O) groups is 1. The third-order valence-electron chi connectivity index (χ3n) is 1.89. The van der Waals surface area contributed by atoms with Gasteiger partial charge in [-0.25, -0.2) is 4.79 Å². The van der Waals surface area contributed by atoms with Crippen molar-refractivity contribution in [1.29, 1.82) is 0 Å². The summed E-state index contributed by atoms with van der Waals surface area (Å²) in [5, 5.41) is 8.87. The lowest BCUT2D eigenvalue weighted by molar-refractivity contribution is -0.138. The van der Waals surface area contributed by atoms with E-state index in [-0.39, 0.29) is 0 Å². The molecule has 5 nitrogen and oxygen atoms in total. The molecule has 5 N–H and O–H groups in total. The van der Waals surface area contributed by atoms with Gasteiger partial charge in [-0.3, -0.25) is 4.99 Å². The first-order valence-corrected chi connectivity index (χ1v) is 4.97. The molecule has 0 spiro atoms. The van der Waals surface area contributed by atoms with Crippen molar-refractivity contribution in [2.24, 2.45) is 16.5 Å². The first-order chi connectivity index (χ1) is 7.11. The Morgan fingerprint density at radius 1 is 1.53 bits per heavy atom. The number of aliphatic carboxylic acids is 1. The van der Waals surface area contributed by atoms with E-state index in [1.165, 1.54) is 0 Å². The largest absolute Gasteiger partial charge is 0.480 e. The second-order valence-electron chi connectivity index (χ2n) is 3.25. The van der Waals surface area contributed by atoms with E-state index in [4.69, 9.17) is 16.6 Å². The molecular formula is C10H19N3O2. The van der Waals surface area contributed by atoms with Gasteiger partial charge >= 0.3 is 5.97 Å². The van der Waals surface area contributed by atoms with Gasteiger partial charge in [0.05, 0.1) is 5.84 Å². The van der Waals surface area contributed by atoms with Crippen molar-refractivity contribution in [2.45, 2.75) is 31.7 Å². The number of nitrogens with two attached hydrogens (primary N) is 2. The van der Waals surface area contributed by atoms with E-state index in [0.29, 0.717) is 25.2 Å². The van der Waals surface area contributed by atoms with Crippen molar-refractivity contribution in [1.82, 2.24) is 0 Å². The predicted octanol–water partition coefficient (Wildman–Crippen LogP) is 0.502. The highest BCUT2D eigenvalue weighted by Crippen LogP contribution is 2.05. The van der Waals surface area contributed by atoms with Crippen molar-refractivity contribution in [3.63, 3.8) is 0 Å². The summed E-state index contributed by atoms with van der Waals surface area (Å²) in [6.07, 6.45) is 4.04. The fourth-order valence-corrected chi connectivity index (χ4v) is 1.13. The van der Waals surface area contributed by atoms with Crippen molar-refractivity contribution in [3.8, 4) is 0 Å². The number of unbranched alkanes of at least 4 members (excludes halogenated alkanes) is 1. The lowest BCUT2D eigenvalue weighted by atomic mass is 10.1. The van der Waals surface area contributed by atoms with E-state index >= 15 is 0 Å². The van der Waals surface area contributed by atoms with Crippen LogP contribution in [-0.2, 0) is 4.79 Å². The topological polar surface area (TPSA) is 102 Å². The van der Waals surface area contributed by atoms with E-state index in [9.17, 15) is 4.79 Å². The molecule has 0 aromatic heterocycles. The molecule has 15 heavy (non-hydrogen) atoms. The summed E-state index contributed by atoms with van der Waals surface area (Å²) >= 11 is 0. The number of carboxylic acids is 1. The zero-order chi connectivity index (χ0) is 11.7. The van der Waals surface area contributed by atoms with Crippen LogP contribution in [0.3, 0.4) is 0 Å². The molecule has 86 valence electrons. The van der Waals surface area contributed by atoms with Gasteiger partial charge in [0.1, 0.15) is 6.04 Å². The third-order valence-corrected chi connectivity index (χ3v) is 1.89. The number of hydrogen-bond acceptors (Lipinski definition) is 3. The first-order valence-electron chi connectivity index (χ1n) is 4.97. The molecule has 5 heteroatoms. The minimum atomic E-state index is -0.945. The average molecular weight is 213 g/mol. The molecule has 0 aliphatic carbocycles. The summed E-state index contributed by atoms with van der Waals surface area (Å²) in [6, 6.07) is -0.753. The summed E-state index contributed by atoms with van der Waals surface area (Å²) in [7, 11) is 0. The van der Waals surface area contributed by atoms with Crippen LogP contribution in [0.1, 0.15) is 25.7 Å². The lowest BCUT2D eigenvalue weighted by Gasteiger charge is -2.08. The second-order valence-corrected chi connectivity index (χ2v) is 3.25. The zero-order valence-corrected chi connectivity index (χ0v) is 8.85. The molecule has 0 rings (SSSR count). The maximum absolute atomic E-state index is 10.8. The smallest absolute Gasteiger partial charge is 0.328 e. The van der Waals surface area contributed by atoms with Gasteiger partial charge in [-0.15, -0.1) is 6.58 Å². The summed E-state index contributed by atoms with van der Waals surface area (Å²) in [5.41, 5.74) is 10.8. The minimum Gasteiger partial charge on any atom is -0.480 e. The summed E-state index contributed by atoms with van der Waals surface area (Å²) in [5.74, 6) is -0.635. The van der Waals surface area contributed by atoms with Crippen LogP contribution in [-0.4, -0.2) is 29.5 Å². The molecule has 0 unspecified atom stereocenters. The highest BCUT2D eigenvalue weighted by Gasteiger charge is 2.15. The molecule has 0 heterocycles. The molecule has 1 atom stereocenters. The maximum Gasteiger partial charge on any atom is 0.328 e. The Morgan fingerprint density at radius 3 is 2.67 bits per heavy atom. The Morgan fingerprint density at radius 2 is 2.20 bits per heavy atom. The van der Waals surface area contributed by atoms with Crippen LogP contribution in [0.5, 0.6) is 0 Å². The van der Waals surface area contributed by atoms with Gasteiger partial charge in [0, 0.05) is 6.42 Å². The van der Waals surface area contributed by atoms with E-state index < -0.39 is 12.0 Å². The van der Waals surface area contributed by atoms with Gasteiger partial charge in [-0.1, -0.05) is 6.08 Å². The molecule has 0 aliphatic heterocycles. The Kier molecular flexibility index (Phi) is 7.27. The van der Waals surface area contributed by atoms with Crippen LogP contribution < -0.4 is 11.5 Å². The third kappa shape index (κ3) is 6.68. The van der Waals surface area contributed by atoms with Crippen LogP contribution in [0.15, 0.2) is 17.6 Å². The predicted molar refractivity (Wildman–Crippen MR) is 60.8 cm³/mol.